The Bertz CT molecular complexity index is 766. The van der Waals surface area contributed by atoms with Crippen molar-refractivity contribution < 1.29 is 9.66 Å². The summed E-state index contributed by atoms with van der Waals surface area (Å²) < 4.78 is 7.61. The third-order valence-corrected chi connectivity index (χ3v) is 3.31. The number of benzene rings is 2. The molecule has 5 nitrogen and oxygen atoms in total. The van der Waals surface area contributed by atoms with Gasteiger partial charge in [0.2, 0.25) is 0 Å². The molecule has 5 heteroatoms. The van der Waals surface area contributed by atoms with E-state index in [0.29, 0.717) is 13.3 Å². The lowest BCUT2D eigenvalue weighted by Crippen LogP contribution is -2.01. The van der Waals surface area contributed by atoms with Crippen LogP contribution in [-0.4, -0.2) is 9.49 Å². The summed E-state index contributed by atoms with van der Waals surface area (Å²) in [6, 6.07) is 16.6. The molecule has 21 heavy (non-hydrogen) atoms. The van der Waals surface area contributed by atoms with Crippen molar-refractivity contribution in [2.45, 2.75) is 13.3 Å². The van der Waals surface area contributed by atoms with E-state index in [4.69, 9.17) is 4.74 Å². The maximum Gasteiger partial charge on any atom is 0.270 e. The number of nitro benzene ring substituents is 1. The third-order valence-electron chi connectivity index (χ3n) is 3.31. The highest BCUT2D eigenvalue weighted by molar-refractivity contribution is 5.82. The van der Waals surface area contributed by atoms with Crippen molar-refractivity contribution in [3.63, 3.8) is 0 Å². The van der Waals surface area contributed by atoms with Crippen molar-refractivity contribution in [3.8, 4) is 0 Å². The molecule has 0 aliphatic heterocycles. The summed E-state index contributed by atoms with van der Waals surface area (Å²) >= 11 is 0. The maximum absolute atomic E-state index is 10.8. The Balaban J connectivity index is 1.71. The SMILES string of the molecule is O=[N+]([O-])c1ccc2c(ccn2COCc2ccccc2)c1. The van der Waals surface area contributed by atoms with E-state index in [0.717, 1.165) is 16.5 Å². The second kappa shape index (κ2) is 5.76. The highest BCUT2D eigenvalue weighted by atomic mass is 16.6. The minimum Gasteiger partial charge on any atom is -0.356 e. The molecular weight excluding hydrogens is 268 g/mol. The van der Waals surface area contributed by atoms with Crippen LogP contribution in [0.25, 0.3) is 10.9 Å². The van der Waals surface area contributed by atoms with Gasteiger partial charge in [-0.25, -0.2) is 0 Å². The summed E-state index contributed by atoms with van der Waals surface area (Å²) in [6.07, 6.45) is 1.87. The second-order valence-corrected chi connectivity index (χ2v) is 4.75. The van der Waals surface area contributed by atoms with E-state index in [2.05, 4.69) is 0 Å². The van der Waals surface area contributed by atoms with Crippen molar-refractivity contribution in [2.24, 2.45) is 0 Å². The van der Waals surface area contributed by atoms with Crippen LogP contribution in [0.15, 0.2) is 60.8 Å². The van der Waals surface area contributed by atoms with E-state index in [-0.39, 0.29) is 10.6 Å². The molecule has 0 saturated carbocycles. The molecule has 0 amide bonds. The van der Waals surface area contributed by atoms with E-state index in [9.17, 15) is 10.1 Å². The fourth-order valence-electron chi connectivity index (χ4n) is 2.25. The summed E-state index contributed by atoms with van der Waals surface area (Å²) in [4.78, 5) is 10.4. The van der Waals surface area contributed by atoms with Crippen LogP contribution < -0.4 is 0 Å². The maximum atomic E-state index is 10.8. The molecule has 0 fully saturated rings. The summed E-state index contributed by atoms with van der Waals surface area (Å²) in [5.41, 5.74) is 2.14. The molecule has 0 spiro atoms. The first-order chi connectivity index (χ1) is 10.2. The third kappa shape index (κ3) is 2.93. The number of nitro groups is 1. The lowest BCUT2D eigenvalue weighted by molar-refractivity contribution is -0.384. The topological polar surface area (TPSA) is 57.3 Å². The normalized spacial score (nSPS) is 10.9. The largest absolute Gasteiger partial charge is 0.356 e. The lowest BCUT2D eigenvalue weighted by Gasteiger charge is -2.07. The van der Waals surface area contributed by atoms with Crippen molar-refractivity contribution in [1.82, 2.24) is 4.57 Å². The Kier molecular flexibility index (Phi) is 3.66. The standard InChI is InChI=1S/C16H14N2O3/c19-18(20)15-6-7-16-14(10-15)8-9-17(16)12-21-11-13-4-2-1-3-5-13/h1-10H,11-12H2. The zero-order valence-electron chi connectivity index (χ0n) is 11.3. The van der Waals surface area contributed by atoms with Gasteiger partial charge < -0.3 is 9.30 Å². The predicted molar refractivity (Wildman–Crippen MR) is 79.8 cm³/mol. The number of non-ortho nitro benzene ring substituents is 1. The van der Waals surface area contributed by atoms with Gasteiger partial charge in [0, 0.05) is 23.7 Å². The summed E-state index contributed by atoms with van der Waals surface area (Å²) in [5.74, 6) is 0. The molecular formula is C16H14N2O3. The highest BCUT2D eigenvalue weighted by Gasteiger charge is 2.08. The van der Waals surface area contributed by atoms with E-state index < -0.39 is 0 Å². The number of hydrogen-bond acceptors (Lipinski definition) is 3. The van der Waals surface area contributed by atoms with Gasteiger partial charge in [-0.3, -0.25) is 10.1 Å². The molecule has 0 unspecified atom stereocenters. The Morgan fingerprint density at radius 3 is 2.67 bits per heavy atom. The van der Waals surface area contributed by atoms with Crippen LogP contribution >= 0.6 is 0 Å². The van der Waals surface area contributed by atoms with Crippen molar-refractivity contribution in [3.05, 3.63) is 76.5 Å². The van der Waals surface area contributed by atoms with Crippen molar-refractivity contribution in [2.75, 3.05) is 0 Å². The number of fused-ring (bicyclic) bond motifs is 1. The van der Waals surface area contributed by atoms with Gasteiger partial charge in [-0.1, -0.05) is 30.3 Å². The van der Waals surface area contributed by atoms with Gasteiger partial charge >= 0.3 is 0 Å². The van der Waals surface area contributed by atoms with Crippen LogP contribution in [0.2, 0.25) is 0 Å². The minimum absolute atomic E-state index is 0.102. The Labute approximate surface area is 121 Å². The van der Waals surface area contributed by atoms with E-state index in [1.807, 2.05) is 47.2 Å². The fourth-order valence-corrected chi connectivity index (χ4v) is 2.25. The minimum atomic E-state index is -0.386. The van der Waals surface area contributed by atoms with E-state index in [1.165, 1.54) is 6.07 Å². The molecule has 0 bridgehead atoms. The Morgan fingerprint density at radius 2 is 1.90 bits per heavy atom. The molecule has 0 radical (unpaired) electrons. The second-order valence-electron chi connectivity index (χ2n) is 4.75. The van der Waals surface area contributed by atoms with Crippen LogP contribution in [0.5, 0.6) is 0 Å². The zero-order valence-corrected chi connectivity index (χ0v) is 11.3. The summed E-state index contributed by atoms with van der Waals surface area (Å²) in [7, 11) is 0. The zero-order chi connectivity index (χ0) is 14.7. The van der Waals surface area contributed by atoms with Gasteiger partial charge in [-0.2, -0.15) is 0 Å². The van der Waals surface area contributed by atoms with Crippen LogP contribution in [0, 0.1) is 10.1 Å². The molecule has 2 aromatic carbocycles. The molecule has 0 N–H and O–H groups in total. The van der Waals surface area contributed by atoms with Crippen molar-refractivity contribution in [1.29, 1.82) is 0 Å². The summed E-state index contributed by atoms with van der Waals surface area (Å²) in [5, 5.41) is 11.6. The molecule has 1 heterocycles. The van der Waals surface area contributed by atoms with Crippen LogP contribution in [0.1, 0.15) is 5.56 Å². The predicted octanol–water partition coefficient (Wildman–Crippen LogP) is 3.72. The lowest BCUT2D eigenvalue weighted by atomic mass is 10.2. The van der Waals surface area contributed by atoms with Crippen molar-refractivity contribution >= 4 is 16.6 Å². The van der Waals surface area contributed by atoms with Gasteiger partial charge in [0.25, 0.3) is 5.69 Å². The van der Waals surface area contributed by atoms with Crippen LogP contribution in [0.3, 0.4) is 0 Å². The highest BCUT2D eigenvalue weighted by Crippen LogP contribution is 2.22. The first kappa shape index (κ1) is 13.3. The monoisotopic (exact) mass is 282 g/mol. The molecule has 0 aliphatic carbocycles. The number of rotatable bonds is 5. The smallest absolute Gasteiger partial charge is 0.270 e. The Morgan fingerprint density at radius 1 is 1.10 bits per heavy atom. The molecule has 3 aromatic rings. The van der Waals surface area contributed by atoms with Gasteiger partial charge in [-0.05, 0) is 17.7 Å². The van der Waals surface area contributed by atoms with Crippen LogP contribution in [-0.2, 0) is 18.1 Å². The number of nitrogens with zero attached hydrogens (tertiary/aromatic N) is 2. The fraction of sp³-hybridized carbons (Fsp3) is 0.125. The summed E-state index contributed by atoms with van der Waals surface area (Å²) in [6.45, 7) is 0.948. The Hall–Kier alpha value is -2.66. The number of hydrogen-bond donors (Lipinski definition) is 0. The molecule has 0 saturated heterocycles. The van der Waals surface area contributed by atoms with Gasteiger partial charge in [-0.15, -0.1) is 0 Å². The molecule has 106 valence electrons. The number of ether oxygens (including phenoxy) is 1. The molecule has 0 aliphatic rings. The van der Waals surface area contributed by atoms with E-state index >= 15 is 0 Å². The number of aromatic nitrogens is 1. The van der Waals surface area contributed by atoms with Gasteiger partial charge in [0.1, 0.15) is 6.73 Å². The first-order valence-corrected chi connectivity index (χ1v) is 6.59. The van der Waals surface area contributed by atoms with E-state index in [1.54, 1.807) is 12.1 Å². The average Bonchev–Trinajstić information content (AvgIpc) is 2.91. The molecule has 1 aromatic heterocycles. The molecule has 3 rings (SSSR count). The van der Waals surface area contributed by atoms with Crippen LogP contribution in [0.4, 0.5) is 5.69 Å². The first-order valence-electron chi connectivity index (χ1n) is 6.59. The van der Waals surface area contributed by atoms with Gasteiger partial charge in [0.15, 0.2) is 0 Å². The quantitative estimate of drug-likeness (QED) is 0.529. The molecule has 0 atom stereocenters. The van der Waals surface area contributed by atoms with Gasteiger partial charge in [0.05, 0.1) is 17.0 Å². The average molecular weight is 282 g/mol.